The molecule has 0 bridgehead atoms. The van der Waals surface area contributed by atoms with E-state index < -0.39 is 0 Å². The standard InChI is InChI=1S/C13H18N2O2/c1-17-12-5-3-2-4-11(12)13(16)15-7-6-10(8-14)9-15/h2-5,10H,6-9,14H2,1H3/t10-/m1/s1. The second-order valence-electron chi connectivity index (χ2n) is 4.34. The second kappa shape index (κ2) is 5.19. The number of hydrogen-bond donors (Lipinski definition) is 1. The second-order valence-corrected chi connectivity index (χ2v) is 4.34. The molecule has 1 amide bonds. The normalized spacial score (nSPS) is 19.4. The summed E-state index contributed by atoms with van der Waals surface area (Å²) in [6.07, 6.45) is 0.997. The van der Waals surface area contributed by atoms with Gasteiger partial charge in [0.05, 0.1) is 12.7 Å². The van der Waals surface area contributed by atoms with Crippen molar-refractivity contribution >= 4 is 5.91 Å². The highest BCUT2D eigenvalue weighted by Gasteiger charge is 2.27. The van der Waals surface area contributed by atoms with Crippen LogP contribution in [0.3, 0.4) is 0 Å². The van der Waals surface area contributed by atoms with Crippen molar-refractivity contribution in [1.29, 1.82) is 0 Å². The Hall–Kier alpha value is -1.55. The number of amides is 1. The molecular weight excluding hydrogens is 216 g/mol. The molecule has 1 aliphatic rings. The fourth-order valence-corrected chi connectivity index (χ4v) is 2.20. The fraction of sp³-hybridized carbons (Fsp3) is 0.462. The summed E-state index contributed by atoms with van der Waals surface area (Å²) in [6, 6.07) is 7.33. The predicted molar refractivity (Wildman–Crippen MR) is 66.1 cm³/mol. The number of carbonyl (C=O) groups excluding carboxylic acids is 1. The molecule has 0 saturated carbocycles. The molecule has 0 unspecified atom stereocenters. The minimum atomic E-state index is 0.0402. The Kier molecular flexibility index (Phi) is 3.64. The Labute approximate surface area is 101 Å². The highest BCUT2D eigenvalue weighted by atomic mass is 16.5. The van der Waals surface area contributed by atoms with Crippen LogP contribution >= 0.6 is 0 Å². The van der Waals surface area contributed by atoms with Crippen molar-refractivity contribution in [2.24, 2.45) is 11.7 Å². The van der Waals surface area contributed by atoms with Gasteiger partial charge in [-0.05, 0) is 31.0 Å². The number of rotatable bonds is 3. The first-order chi connectivity index (χ1) is 8.26. The zero-order valence-corrected chi connectivity index (χ0v) is 10.1. The number of ether oxygens (including phenoxy) is 1. The molecule has 0 radical (unpaired) electrons. The molecule has 1 atom stereocenters. The highest BCUT2D eigenvalue weighted by molar-refractivity contribution is 5.97. The Balaban J connectivity index is 2.15. The maximum Gasteiger partial charge on any atom is 0.257 e. The third kappa shape index (κ3) is 2.42. The molecule has 2 N–H and O–H groups in total. The SMILES string of the molecule is COc1ccccc1C(=O)N1CC[C@H](CN)C1. The molecule has 2 rings (SSSR count). The summed E-state index contributed by atoms with van der Waals surface area (Å²) in [5, 5.41) is 0. The van der Waals surface area contributed by atoms with Crippen molar-refractivity contribution in [3.63, 3.8) is 0 Å². The number of likely N-dealkylation sites (tertiary alicyclic amines) is 1. The van der Waals surface area contributed by atoms with Gasteiger partial charge < -0.3 is 15.4 Å². The van der Waals surface area contributed by atoms with Crippen LogP contribution in [0.1, 0.15) is 16.8 Å². The minimum absolute atomic E-state index is 0.0402. The number of nitrogens with zero attached hydrogens (tertiary/aromatic N) is 1. The number of benzene rings is 1. The van der Waals surface area contributed by atoms with Crippen molar-refractivity contribution < 1.29 is 9.53 Å². The van der Waals surface area contributed by atoms with Crippen LogP contribution in [0, 0.1) is 5.92 Å². The van der Waals surface area contributed by atoms with E-state index in [4.69, 9.17) is 10.5 Å². The van der Waals surface area contributed by atoms with Crippen LogP contribution in [0.4, 0.5) is 0 Å². The molecule has 1 aromatic rings. The first kappa shape index (κ1) is 11.9. The van der Waals surface area contributed by atoms with Crippen LogP contribution in [0.2, 0.25) is 0 Å². The zero-order valence-electron chi connectivity index (χ0n) is 10.1. The van der Waals surface area contributed by atoms with Crippen LogP contribution in [0.25, 0.3) is 0 Å². The molecule has 4 heteroatoms. The number of nitrogens with two attached hydrogens (primary N) is 1. The molecule has 1 aliphatic heterocycles. The average Bonchev–Trinajstić information content (AvgIpc) is 2.86. The lowest BCUT2D eigenvalue weighted by Crippen LogP contribution is -2.30. The van der Waals surface area contributed by atoms with E-state index in [1.165, 1.54) is 0 Å². The lowest BCUT2D eigenvalue weighted by molar-refractivity contribution is 0.0784. The lowest BCUT2D eigenvalue weighted by Gasteiger charge is -2.17. The van der Waals surface area contributed by atoms with Crippen molar-refractivity contribution in [3.05, 3.63) is 29.8 Å². The van der Waals surface area contributed by atoms with E-state index in [0.29, 0.717) is 23.8 Å². The third-order valence-corrected chi connectivity index (χ3v) is 3.24. The topological polar surface area (TPSA) is 55.6 Å². The molecule has 4 nitrogen and oxygen atoms in total. The smallest absolute Gasteiger partial charge is 0.257 e. The van der Waals surface area contributed by atoms with Crippen molar-refractivity contribution in [1.82, 2.24) is 4.90 Å². The van der Waals surface area contributed by atoms with Crippen LogP contribution in [-0.2, 0) is 0 Å². The summed E-state index contributed by atoms with van der Waals surface area (Å²) in [6.45, 7) is 2.20. The molecular formula is C13H18N2O2. The summed E-state index contributed by atoms with van der Waals surface area (Å²) in [4.78, 5) is 14.1. The van der Waals surface area contributed by atoms with E-state index in [-0.39, 0.29) is 5.91 Å². The summed E-state index contributed by atoms with van der Waals surface area (Å²) in [5.74, 6) is 1.11. The number of para-hydroxylation sites is 1. The molecule has 1 aromatic carbocycles. The van der Waals surface area contributed by atoms with Crippen molar-refractivity contribution in [2.45, 2.75) is 6.42 Å². The van der Waals surface area contributed by atoms with Crippen molar-refractivity contribution in [3.8, 4) is 5.75 Å². The Bertz CT molecular complexity index is 406. The number of methoxy groups -OCH3 is 1. The van der Waals surface area contributed by atoms with Gasteiger partial charge in [-0.15, -0.1) is 0 Å². The monoisotopic (exact) mass is 234 g/mol. The molecule has 1 fully saturated rings. The third-order valence-electron chi connectivity index (χ3n) is 3.24. The molecule has 0 aliphatic carbocycles. The van der Waals surface area contributed by atoms with E-state index in [1.54, 1.807) is 13.2 Å². The lowest BCUT2D eigenvalue weighted by atomic mass is 10.1. The maximum absolute atomic E-state index is 12.3. The molecule has 92 valence electrons. The quantitative estimate of drug-likeness (QED) is 0.852. The Morgan fingerprint density at radius 3 is 2.94 bits per heavy atom. The molecule has 1 saturated heterocycles. The summed E-state index contributed by atoms with van der Waals surface area (Å²) in [7, 11) is 1.58. The van der Waals surface area contributed by atoms with Crippen molar-refractivity contribution in [2.75, 3.05) is 26.7 Å². The van der Waals surface area contributed by atoms with Crippen LogP contribution in [0.15, 0.2) is 24.3 Å². The minimum Gasteiger partial charge on any atom is -0.496 e. The van der Waals surface area contributed by atoms with E-state index in [9.17, 15) is 4.79 Å². The van der Waals surface area contributed by atoms with Crippen LogP contribution < -0.4 is 10.5 Å². The van der Waals surface area contributed by atoms with E-state index >= 15 is 0 Å². The average molecular weight is 234 g/mol. The summed E-state index contributed by atoms with van der Waals surface area (Å²) < 4.78 is 5.21. The Morgan fingerprint density at radius 2 is 2.29 bits per heavy atom. The molecule has 17 heavy (non-hydrogen) atoms. The van der Waals surface area contributed by atoms with E-state index in [0.717, 1.165) is 19.5 Å². The largest absolute Gasteiger partial charge is 0.496 e. The van der Waals surface area contributed by atoms with Gasteiger partial charge in [0.15, 0.2) is 0 Å². The number of hydrogen-bond acceptors (Lipinski definition) is 3. The van der Waals surface area contributed by atoms with Crippen LogP contribution in [0.5, 0.6) is 5.75 Å². The van der Waals surface area contributed by atoms with Gasteiger partial charge in [-0.1, -0.05) is 12.1 Å². The molecule has 0 aromatic heterocycles. The van der Waals surface area contributed by atoms with Gasteiger partial charge in [0.25, 0.3) is 5.91 Å². The summed E-state index contributed by atoms with van der Waals surface area (Å²) in [5.41, 5.74) is 6.26. The first-order valence-electron chi connectivity index (χ1n) is 5.88. The van der Waals surface area contributed by atoms with E-state index in [2.05, 4.69) is 0 Å². The van der Waals surface area contributed by atoms with Gasteiger partial charge in [-0.2, -0.15) is 0 Å². The predicted octanol–water partition coefficient (Wildman–Crippen LogP) is 1.12. The van der Waals surface area contributed by atoms with Crippen LogP contribution in [-0.4, -0.2) is 37.6 Å². The zero-order chi connectivity index (χ0) is 12.3. The number of carbonyl (C=O) groups is 1. The van der Waals surface area contributed by atoms with E-state index in [1.807, 2.05) is 23.1 Å². The highest BCUT2D eigenvalue weighted by Crippen LogP contribution is 2.23. The van der Waals surface area contributed by atoms with Gasteiger partial charge in [0, 0.05) is 13.1 Å². The fourth-order valence-electron chi connectivity index (χ4n) is 2.20. The van der Waals surface area contributed by atoms with Gasteiger partial charge in [0.2, 0.25) is 0 Å². The Morgan fingerprint density at radius 1 is 1.53 bits per heavy atom. The maximum atomic E-state index is 12.3. The first-order valence-corrected chi connectivity index (χ1v) is 5.88. The van der Waals surface area contributed by atoms with Gasteiger partial charge >= 0.3 is 0 Å². The molecule has 0 spiro atoms. The van der Waals surface area contributed by atoms with Gasteiger partial charge in [-0.25, -0.2) is 0 Å². The molecule has 1 heterocycles. The summed E-state index contributed by atoms with van der Waals surface area (Å²) >= 11 is 0. The van der Waals surface area contributed by atoms with Gasteiger partial charge in [-0.3, -0.25) is 4.79 Å². The van der Waals surface area contributed by atoms with Gasteiger partial charge in [0.1, 0.15) is 5.75 Å².